The van der Waals surface area contributed by atoms with Gasteiger partial charge in [-0.15, -0.1) is 0 Å². The summed E-state index contributed by atoms with van der Waals surface area (Å²) >= 11 is 5.81. The van der Waals surface area contributed by atoms with Crippen LogP contribution in [0.3, 0.4) is 0 Å². The van der Waals surface area contributed by atoms with Crippen LogP contribution in [-0.4, -0.2) is 17.6 Å². The maximum absolute atomic E-state index is 11.7. The Morgan fingerprint density at radius 2 is 1.90 bits per heavy atom. The van der Waals surface area contributed by atoms with Crippen molar-refractivity contribution in [1.29, 1.82) is 0 Å². The van der Waals surface area contributed by atoms with E-state index >= 15 is 0 Å². The number of nitrogens with zero attached hydrogens (tertiary/aromatic N) is 1. The highest BCUT2D eigenvalue weighted by molar-refractivity contribution is 6.30. The highest BCUT2D eigenvalue weighted by Gasteiger charge is 2.15. The number of hydrogen-bond acceptors (Lipinski definition) is 4. The van der Waals surface area contributed by atoms with E-state index in [1.165, 1.54) is 12.2 Å². The smallest absolute Gasteiger partial charge is 0.297 e. The van der Waals surface area contributed by atoms with Gasteiger partial charge in [0.2, 0.25) is 0 Å². The molecule has 1 N–H and O–H groups in total. The molecule has 0 atom stereocenters. The first-order valence-corrected chi connectivity index (χ1v) is 6.56. The summed E-state index contributed by atoms with van der Waals surface area (Å²) in [6, 6.07) is 6.66. The van der Waals surface area contributed by atoms with Crippen LogP contribution in [0.15, 0.2) is 52.7 Å². The molecule has 1 aliphatic rings. The third-order valence-corrected chi connectivity index (χ3v) is 2.99. The number of rotatable bonds is 2. The van der Waals surface area contributed by atoms with Gasteiger partial charge in [-0.2, -0.15) is 0 Å². The van der Waals surface area contributed by atoms with E-state index in [1.54, 1.807) is 38.1 Å². The van der Waals surface area contributed by atoms with Gasteiger partial charge in [-0.25, -0.2) is 4.79 Å². The molecule has 0 aromatic heterocycles. The van der Waals surface area contributed by atoms with E-state index in [-0.39, 0.29) is 5.78 Å². The van der Waals surface area contributed by atoms with Crippen LogP contribution in [0.1, 0.15) is 13.8 Å². The second-order valence-electron chi connectivity index (χ2n) is 4.51. The van der Waals surface area contributed by atoms with Crippen LogP contribution in [0.4, 0.5) is 10.5 Å². The van der Waals surface area contributed by atoms with Gasteiger partial charge in [0, 0.05) is 10.7 Å². The molecule has 2 rings (SSSR count). The number of benzene rings is 1. The SMILES string of the molecule is CC1=CC(=O)C=C(C)C1=NOC(=O)Nc1cccc(Cl)c1. The molecule has 0 heterocycles. The summed E-state index contributed by atoms with van der Waals surface area (Å²) in [5, 5.41) is 6.79. The number of allylic oxidation sites excluding steroid dienone is 4. The lowest BCUT2D eigenvalue weighted by atomic mass is 9.98. The highest BCUT2D eigenvalue weighted by Crippen LogP contribution is 2.16. The number of amides is 1. The summed E-state index contributed by atoms with van der Waals surface area (Å²) in [5.41, 5.74) is 2.27. The number of ketones is 1. The third-order valence-electron chi connectivity index (χ3n) is 2.76. The van der Waals surface area contributed by atoms with Gasteiger partial charge in [-0.05, 0) is 55.3 Å². The van der Waals surface area contributed by atoms with Crippen LogP contribution in [0.2, 0.25) is 5.02 Å². The van der Waals surface area contributed by atoms with Crippen molar-refractivity contribution in [3.05, 3.63) is 52.6 Å². The molecule has 6 heteroatoms. The molecular weight excluding hydrogens is 292 g/mol. The molecule has 21 heavy (non-hydrogen) atoms. The first-order chi connectivity index (χ1) is 9.95. The fraction of sp³-hybridized carbons (Fsp3) is 0.133. The van der Waals surface area contributed by atoms with Crippen LogP contribution in [0.5, 0.6) is 0 Å². The van der Waals surface area contributed by atoms with E-state index in [2.05, 4.69) is 10.5 Å². The molecule has 108 valence electrons. The monoisotopic (exact) mass is 304 g/mol. The molecule has 1 amide bonds. The Morgan fingerprint density at radius 1 is 1.24 bits per heavy atom. The van der Waals surface area contributed by atoms with Crippen molar-refractivity contribution in [2.24, 2.45) is 5.16 Å². The second kappa shape index (κ2) is 6.37. The van der Waals surface area contributed by atoms with E-state index in [4.69, 9.17) is 16.4 Å². The average molecular weight is 305 g/mol. The molecule has 1 aromatic carbocycles. The standard InChI is InChI=1S/C15H13ClN2O3/c1-9-6-13(19)7-10(2)14(9)18-21-15(20)17-12-5-3-4-11(16)8-12/h3-8H,1-2H3,(H,17,20). The van der Waals surface area contributed by atoms with Crippen molar-refractivity contribution in [2.45, 2.75) is 13.8 Å². The van der Waals surface area contributed by atoms with Crippen LogP contribution in [0, 0.1) is 0 Å². The van der Waals surface area contributed by atoms with Crippen molar-refractivity contribution >= 4 is 34.9 Å². The molecule has 1 aromatic rings. The number of anilines is 1. The van der Waals surface area contributed by atoms with E-state index in [0.29, 0.717) is 27.6 Å². The van der Waals surface area contributed by atoms with Crippen LogP contribution >= 0.6 is 11.6 Å². The summed E-state index contributed by atoms with van der Waals surface area (Å²) in [7, 11) is 0. The second-order valence-corrected chi connectivity index (χ2v) is 4.95. The van der Waals surface area contributed by atoms with Crippen molar-refractivity contribution in [3.63, 3.8) is 0 Å². The topological polar surface area (TPSA) is 67.8 Å². The fourth-order valence-electron chi connectivity index (χ4n) is 1.85. The quantitative estimate of drug-likeness (QED) is 0.514. The molecule has 0 bridgehead atoms. The summed E-state index contributed by atoms with van der Waals surface area (Å²) in [6.07, 6.45) is 2.14. The zero-order valence-corrected chi connectivity index (χ0v) is 12.3. The predicted octanol–water partition coefficient (Wildman–Crippen LogP) is 3.72. The lowest BCUT2D eigenvalue weighted by Gasteiger charge is -2.10. The number of carbonyl (C=O) groups is 2. The molecule has 0 fully saturated rings. The number of oxime groups is 1. The Labute approximate surface area is 126 Å². The minimum atomic E-state index is -0.734. The molecule has 1 aliphatic carbocycles. The van der Waals surface area contributed by atoms with Gasteiger partial charge in [-0.3, -0.25) is 14.9 Å². The molecule has 0 spiro atoms. The molecule has 0 saturated heterocycles. The number of halogens is 1. The van der Waals surface area contributed by atoms with Gasteiger partial charge in [0.15, 0.2) is 5.78 Å². The number of nitrogens with one attached hydrogen (secondary N) is 1. The summed E-state index contributed by atoms with van der Waals surface area (Å²) in [6.45, 7) is 3.46. The average Bonchev–Trinajstić information content (AvgIpc) is 2.37. The van der Waals surface area contributed by atoms with Crippen LogP contribution in [-0.2, 0) is 9.63 Å². The van der Waals surface area contributed by atoms with Gasteiger partial charge in [0.25, 0.3) is 0 Å². The van der Waals surface area contributed by atoms with Crippen LogP contribution in [0.25, 0.3) is 0 Å². The number of hydrogen-bond donors (Lipinski definition) is 1. The summed E-state index contributed by atoms with van der Waals surface area (Å²) < 4.78 is 0. The lowest BCUT2D eigenvalue weighted by Crippen LogP contribution is -2.15. The van der Waals surface area contributed by atoms with E-state index in [1.807, 2.05) is 0 Å². The first kappa shape index (κ1) is 15.0. The Bertz CT molecular complexity index is 666. The third kappa shape index (κ3) is 4.03. The highest BCUT2D eigenvalue weighted by atomic mass is 35.5. The molecule has 0 aliphatic heterocycles. The molecule has 0 saturated carbocycles. The van der Waals surface area contributed by atoms with E-state index < -0.39 is 6.09 Å². The maximum atomic E-state index is 11.7. The zero-order valence-electron chi connectivity index (χ0n) is 11.5. The minimum Gasteiger partial charge on any atom is -0.297 e. The summed E-state index contributed by atoms with van der Waals surface area (Å²) in [4.78, 5) is 27.8. The fourth-order valence-corrected chi connectivity index (χ4v) is 2.04. The molecular formula is C15H13ClN2O3. The molecule has 5 nitrogen and oxygen atoms in total. The lowest BCUT2D eigenvalue weighted by molar-refractivity contribution is -0.110. The van der Waals surface area contributed by atoms with Crippen molar-refractivity contribution in [3.8, 4) is 0 Å². The first-order valence-electron chi connectivity index (χ1n) is 6.18. The van der Waals surface area contributed by atoms with Gasteiger partial charge in [0.1, 0.15) is 5.71 Å². The van der Waals surface area contributed by atoms with Gasteiger partial charge in [0.05, 0.1) is 0 Å². The Kier molecular flexibility index (Phi) is 4.55. The zero-order chi connectivity index (χ0) is 15.4. The Morgan fingerprint density at radius 3 is 2.52 bits per heavy atom. The predicted molar refractivity (Wildman–Crippen MR) is 81.5 cm³/mol. The largest absolute Gasteiger partial charge is 0.437 e. The van der Waals surface area contributed by atoms with Gasteiger partial charge in [-0.1, -0.05) is 22.8 Å². The summed E-state index contributed by atoms with van der Waals surface area (Å²) in [5.74, 6) is -0.104. The van der Waals surface area contributed by atoms with Gasteiger partial charge >= 0.3 is 6.09 Å². The van der Waals surface area contributed by atoms with Crippen molar-refractivity contribution < 1.29 is 14.4 Å². The Balaban J connectivity index is 2.04. The number of carbonyl (C=O) groups excluding carboxylic acids is 2. The maximum Gasteiger partial charge on any atom is 0.437 e. The molecule has 0 radical (unpaired) electrons. The normalized spacial score (nSPS) is 14.2. The Hall–Kier alpha value is -2.40. The van der Waals surface area contributed by atoms with Crippen molar-refractivity contribution in [2.75, 3.05) is 5.32 Å². The van der Waals surface area contributed by atoms with E-state index in [9.17, 15) is 9.59 Å². The van der Waals surface area contributed by atoms with Gasteiger partial charge < -0.3 is 0 Å². The minimum absolute atomic E-state index is 0.104. The van der Waals surface area contributed by atoms with Crippen LogP contribution < -0.4 is 5.32 Å². The van der Waals surface area contributed by atoms with Crippen molar-refractivity contribution in [1.82, 2.24) is 0 Å². The van der Waals surface area contributed by atoms with E-state index in [0.717, 1.165) is 0 Å². The molecule has 0 unspecified atom stereocenters.